The maximum atomic E-state index is 13.5. The molecule has 3 N–H and O–H groups in total. The van der Waals surface area contributed by atoms with Gasteiger partial charge in [-0.1, -0.05) is 74.0 Å². The number of unbranched alkanes of at least 4 members (excludes halogenated alkanes) is 1. The molecule has 0 radical (unpaired) electrons. The Morgan fingerprint density at radius 3 is 2.47 bits per heavy atom. The molecule has 11 heteroatoms. The summed E-state index contributed by atoms with van der Waals surface area (Å²) in [5.41, 5.74) is 4.12. The molecular formula is C40H47N3O7S. The third-order valence-electron chi connectivity index (χ3n) is 9.35. The summed E-state index contributed by atoms with van der Waals surface area (Å²) in [6.07, 6.45) is 3.00. The number of aliphatic hydroxyl groups excluding tert-OH is 1. The molecule has 2 aliphatic heterocycles. The Morgan fingerprint density at radius 2 is 1.76 bits per heavy atom. The fraction of sp³-hybridized carbons (Fsp3) is 0.375. The second-order valence-corrected chi connectivity index (χ2v) is 14.9. The number of hydrogen-bond acceptors (Lipinski definition) is 8. The minimum atomic E-state index is -3.99. The van der Waals surface area contributed by atoms with Gasteiger partial charge in [-0.25, -0.2) is 13.1 Å². The van der Waals surface area contributed by atoms with Crippen LogP contribution in [0.25, 0.3) is 0 Å². The molecule has 0 saturated heterocycles. The zero-order chi connectivity index (χ0) is 35.6. The molecule has 1 aliphatic carbocycles. The third-order valence-corrected chi connectivity index (χ3v) is 10.8. The molecule has 51 heavy (non-hydrogen) atoms. The van der Waals surface area contributed by atoms with Gasteiger partial charge in [0, 0.05) is 25.7 Å². The fourth-order valence-electron chi connectivity index (χ4n) is 6.63. The quantitative estimate of drug-likeness (QED) is 0.0758. The highest BCUT2D eigenvalue weighted by atomic mass is 32.2. The first-order valence-corrected chi connectivity index (χ1v) is 19.2. The Bertz CT molecular complexity index is 1860. The number of fused-ring (bicyclic) bond motifs is 4. The average Bonchev–Trinajstić information content (AvgIpc) is 3.38. The van der Waals surface area contributed by atoms with Gasteiger partial charge in [0.1, 0.15) is 34.9 Å². The highest BCUT2D eigenvalue weighted by Gasteiger charge is 2.36. The summed E-state index contributed by atoms with van der Waals surface area (Å²) in [6, 6.07) is 30.3. The fourth-order valence-corrected chi connectivity index (χ4v) is 7.87. The lowest BCUT2D eigenvalue weighted by atomic mass is 9.99. The Labute approximate surface area is 300 Å². The number of ether oxygens (including phenoxy) is 3. The maximum absolute atomic E-state index is 13.5. The largest absolute Gasteiger partial charge is 0.487 e. The van der Waals surface area contributed by atoms with Crippen LogP contribution in [0, 0.1) is 0 Å². The van der Waals surface area contributed by atoms with Gasteiger partial charge in [0.25, 0.3) is 5.91 Å². The zero-order valence-electron chi connectivity index (χ0n) is 29.0. The van der Waals surface area contributed by atoms with Crippen molar-refractivity contribution in [3.63, 3.8) is 0 Å². The number of hydrogen-bond donors (Lipinski definition) is 3. The van der Waals surface area contributed by atoms with Gasteiger partial charge in [0.05, 0.1) is 0 Å². The van der Waals surface area contributed by atoms with E-state index >= 15 is 0 Å². The van der Waals surface area contributed by atoms with E-state index in [1.54, 1.807) is 12.1 Å². The van der Waals surface area contributed by atoms with Crippen LogP contribution < -0.4 is 24.2 Å². The van der Waals surface area contributed by atoms with Crippen molar-refractivity contribution in [2.24, 2.45) is 0 Å². The number of nitrogens with one attached hydrogen (secondary N) is 2. The third kappa shape index (κ3) is 9.68. The molecule has 10 nitrogen and oxygen atoms in total. The maximum Gasteiger partial charge on any atom is 0.257 e. The van der Waals surface area contributed by atoms with Crippen LogP contribution in [0.2, 0.25) is 0 Å². The number of para-hydroxylation sites is 1. The molecule has 4 aromatic rings. The van der Waals surface area contributed by atoms with E-state index in [0.717, 1.165) is 48.8 Å². The molecule has 0 fully saturated rings. The minimum absolute atomic E-state index is 0.0527. The molecule has 3 atom stereocenters. The number of aryl methyl sites for hydroxylation is 1. The summed E-state index contributed by atoms with van der Waals surface area (Å²) in [6.45, 7) is 3.16. The lowest BCUT2D eigenvalue weighted by molar-refractivity contribution is -0.123. The molecule has 2 bridgehead atoms. The Balaban J connectivity index is 1.27. The van der Waals surface area contributed by atoms with Gasteiger partial charge in [-0.05, 0) is 90.8 Å². The number of nitrogens with zero attached hydrogens (tertiary/aromatic N) is 1. The number of aliphatic hydroxyl groups is 1. The SMILES string of the molecule is CCCCNC(=O)COc1ccc2c(c1)CC(N(Cc1ccccc1)C(Oc1ccccc1)[C@@H](O)CNS(=O)(=O)c1cc3ccc1OC3)CCC2. The summed E-state index contributed by atoms with van der Waals surface area (Å²) in [4.78, 5) is 14.5. The van der Waals surface area contributed by atoms with E-state index in [4.69, 9.17) is 14.2 Å². The Hall–Kier alpha value is -4.42. The second-order valence-electron chi connectivity index (χ2n) is 13.1. The van der Waals surface area contributed by atoms with Crippen molar-refractivity contribution in [3.8, 4) is 17.2 Å². The predicted octanol–water partition coefficient (Wildman–Crippen LogP) is 5.37. The Morgan fingerprint density at radius 1 is 0.980 bits per heavy atom. The van der Waals surface area contributed by atoms with E-state index in [9.17, 15) is 18.3 Å². The van der Waals surface area contributed by atoms with Gasteiger partial charge in [-0.3, -0.25) is 9.69 Å². The predicted molar refractivity (Wildman–Crippen MR) is 195 cm³/mol. The van der Waals surface area contributed by atoms with Gasteiger partial charge in [-0.2, -0.15) is 0 Å². The lowest BCUT2D eigenvalue weighted by Gasteiger charge is -2.40. The van der Waals surface area contributed by atoms with Crippen LogP contribution >= 0.6 is 0 Å². The van der Waals surface area contributed by atoms with E-state index in [2.05, 4.69) is 27.9 Å². The van der Waals surface area contributed by atoms with Crippen LogP contribution in [0.5, 0.6) is 17.2 Å². The van der Waals surface area contributed by atoms with Crippen LogP contribution in [0.3, 0.4) is 0 Å². The topological polar surface area (TPSA) is 126 Å². The number of carbonyl (C=O) groups is 1. The monoisotopic (exact) mass is 713 g/mol. The van der Waals surface area contributed by atoms with Crippen molar-refractivity contribution in [3.05, 3.63) is 119 Å². The van der Waals surface area contributed by atoms with E-state index in [1.807, 2.05) is 78.9 Å². The molecule has 3 aliphatic rings. The van der Waals surface area contributed by atoms with Crippen molar-refractivity contribution < 1.29 is 32.5 Å². The Kier molecular flexibility index (Phi) is 12.3. The van der Waals surface area contributed by atoms with E-state index in [-0.39, 0.29) is 35.7 Å². The van der Waals surface area contributed by atoms with Crippen LogP contribution in [-0.4, -0.2) is 62.4 Å². The normalized spacial score (nSPS) is 16.4. The first kappa shape index (κ1) is 36.4. The lowest BCUT2D eigenvalue weighted by Crippen LogP contribution is -2.55. The summed E-state index contributed by atoms with van der Waals surface area (Å²) < 4.78 is 47.6. The van der Waals surface area contributed by atoms with Gasteiger partial charge in [-0.15, -0.1) is 0 Å². The van der Waals surface area contributed by atoms with Gasteiger partial charge >= 0.3 is 0 Å². The highest BCUT2D eigenvalue weighted by Crippen LogP contribution is 2.32. The molecule has 270 valence electrons. The van der Waals surface area contributed by atoms with Crippen LogP contribution in [0.1, 0.15) is 54.9 Å². The molecule has 2 heterocycles. The van der Waals surface area contributed by atoms with E-state index in [0.29, 0.717) is 37.6 Å². The number of sulfonamides is 1. The molecule has 4 aromatic carbocycles. The zero-order valence-corrected chi connectivity index (χ0v) is 29.8. The minimum Gasteiger partial charge on any atom is -0.487 e. The van der Waals surface area contributed by atoms with E-state index < -0.39 is 22.4 Å². The smallest absolute Gasteiger partial charge is 0.257 e. The van der Waals surface area contributed by atoms with Crippen LogP contribution in [0.4, 0.5) is 0 Å². The van der Waals surface area contributed by atoms with Crippen molar-refractivity contribution in [1.82, 2.24) is 14.9 Å². The summed E-state index contributed by atoms with van der Waals surface area (Å²) in [5.74, 6) is 1.32. The van der Waals surface area contributed by atoms with Gasteiger partial charge in [0.15, 0.2) is 12.8 Å². The summed E-state index contributed by atoms with van der Waals surface area (Å²) >= 11 is 0. The number of rotatable bonds is 17. The average molecular weight is 714 g/mol. The first-order chi connectivity index (χ1) is 24.8. The number of benzene rings is 4. The molecule has 1 amide bonds. The second kappa shape index (κ2) is 17.2. The van der Waals surface area contributed by atoms with Crippen molar-refractivity contribution in [2.75, 3.05) is 19.7 Å². The molecule has 0 saturated carbocycles. The molecule has 0 spiro atoms. The molecule has 0 aromatic heterocycles. The molecular weight excluding hydrogens is 667 g/mol. The molecule has 7 rings (SSSR count). The van der Waals surface area contributed by atoms with Crippen molar-refractivity contribution >= 4 is 15.9 Å². The first-order valence-electron chi connectivity index (χ1n) is 17.7. The highest BCUT2D eigenvalue weighted by molar-refractivity contribution is 7.89. The number of amides is 1. The molecule has 2 unspecified atom stereocenters. The van der Waals surface area contributed by atoms with E-state index in [1.165, 1.54) is 5.56 Å². The number of carbonyl (C=O) groups excluding carboxylic acids is 1. The van der Waals surface area contributed by atoms with Crippen molar-refractivity contribution in [1.29, 1.82) is 0 Å². The van der Waals surface area contributed by atoms with Gasteiger partial charge < -0.3 is 24.6 Å². The summed E-state index contributed by atoms with van der Waals surface area (Å²) in [5, 5.41) is 14.8. The van der Waals surface area contributed by atoms with Crippen molar-refractivity contribution in [2.45, 2.75) is 81.9 Å². The van der Waals surface area contributed by atoms with Crippen LogP contribution in [-0.2, 0) is 40.8 Å². The van der Waals surface area contributed by atoms with Crippen LogP contribution in [0.15, 0.2) is 102 Å². The van der Waals surface area contributed by atoms with Gasteiger partial charge in [0.2, 0.25) is 10.0 Å². The standard InChI is InChI=1S/C40H47N3O7S/c1-2-3-21-41-39(45)28-48-35-19-18-31-13-10-14-33(23-32(31)24-35)43(26-29-11-6-4-7-12-29)40(50-34-15-8-5-9-16-34)36(44)25-42-51(46,47)38-22-30-17-20-37(38)49-27-30/h4-9,11-12,15-20,22,24,33,36,40,42,44H,2-3,10,13-14,21,23,25-28H2,1H3,(H,41,45)/t33?,36-,40?/m0/s1. The summed E-state index contributed by atoms with van der Waals surface area (Å²) in [7, 11) is -3.99.